The summed E-state index contributed by atoms with van der Waals surface area (Å²) in [7, 11) is 0. The number of nitrogens with one attached hydrogen (secondary N) is 1. The molecule has 1 heterocycles. The summed E-state index contributed by atoms with van der Waals surface area (Å²) in [5.74, 6) is 0.762. The normalized spacial score (nSPS) is 11.5. The van der Waals surface area contributed by atoms with Crippen LogP contribution >= 0.6 is 11.8 Å². The van der Waals surface area contributed by atoms with E-state index in [2.05, 4.69) is 35.6 Å². The Morgan fingerprint density at radius 1 is 0.973 bits per heavy atom. The van der Waals surface area contributed by atoms with Gasteiger partial charge in [-0.3, -0.25) is 14.6 Å². The molecule has 3 aromatic rings. The minimum absolute atomic E-state index is 0.0453. The molecule has 6 heteroatoms. The number of hydrogen-bond acceptors (Lipinski definition) is 4. The van der Waals surface area contributed by atoms with Gasteiger partial charge in [-0.2, -0.15) is 11.8 Å². The van der Waals surface area contributed by atoms with Crippen molar-refractivity contribution in [2.75, 3.05) is 11.1 Å². The van der Waals surface area contributed by atoms with Crippen LogP contribution in [-0.2, 0) is 21.8 Å². The Bertz CT molecular complexity index is 1190. The average Bonchev–Trinajstić information content (AvgIpc) is 2.91. The van der Waals surface area contributed by atoms with E-state index in [1.165, 1.54) is 5.56 Å². The van der Waals surface area contributed by atoms with Crippen molar-refractivity contribution in [2.45, 2.75) is 51.7 Å². The van der Waals surface area contributed by atoms with Gasteiger partial charge in [-0.1, -0.05) is 68.5 Å². The van der Waals surface area contributed by atoms with Gasteiger partial charge in [0.2, 0.25) is 5.91 Å². The van der Waals surface area contributed by atoms with E-state index in [9.17, 15) is 14.7 Å². The Hall–Kier alpha value is -3.38. The summed E-state index contributed by atoms with van der Waals surface area (Å²) in [4.78, 5) is 29.0. The highest BCUT2D eigenvalue weighted by atomic mass is 32.2. The number of carboxylic acids is 1. The summed E-state index contributed by atoms with van der Waals surface area (Å²) in [6, 6.07) is 24.1. The standard InChI is InChI=1S/C31H36N2O3S/c1-3-31(4-2,30(35)36)22-29(34)33-27-16-8-13-25(21-27)18-19-26-15-9-17-28(32-26)23-37-20-10-14-24-11-6-5-7-12-24/h5-9,11-13,15-19,21H,3-4,10,14,20,22-23H2,1-2H3,(H,33,34)(H,35,36). The Kier molecular flexibility index (Phi) is 11.0. The second kappa shape index (κ2) is 14.4. The number of aliphatic carboxylic acids is 1. The predicted octanol–water partition coefficient (Wildman–Crippen LogP) is 7.34. The molecule has 37 heavy (non-hydrogen) atoms. The summed E-state index contributed by atoms with van der Waals surface area (Å²) in [5, 5.41) is 12.5. The highest BCUT2D eigenvalue weighted by Crippen LogP contribution is 2.31. The van der Waals surface area contributed by atoms with Crippen molar-refractivity contribution >= 4 is 41.5 Å². The molecule has 1 aromatic heterocycles. The van der Waals surface area contributed by atoms with Crippen LogP contribution in [0.3, 0.4) is 0 Å². The zero-order valence-electron chi connectivity index (χ0n) is 21.7. The maximum absolute atomic E-state index is 12.6. The number of benzene rings is 2. The van der Waals surface area contributed by atoms with Crippen LogP contribution in [0.4, 0.5) is 5.69 Å². The molecule has 5 nitrogen and oxygen atoms in total. The van der Waals surface area contributed by atoms with Gasteiger partial charge >= 0.3 is 5.97 Å². The zero-order chi connectivity index (χ0) is 26.5. The number of aromatic nitrogens is 1. The molecule has 0 unspecified atom stereocenters. The lowest BCUT2D eigenvalue weighted by Crippen LogP contribution is -2.34. The number of carboxylic acid groups (broad SMARTS) is 1. The number of amides is 1. The lowest BCUT2D eigenvalue weighted by molar-refractivity contribution is -0.151. The van der Waals surface area contributed by atoms with Gasteiger partial charge in [0.25, 0.3) is 0 Å². The minimum atomic E-state index is -1.03. The van der Waals surface area contributed by atoms with E-state index in [0.29, 0.717) is 18.5 Å². The third kappa shape index (κ3) is 8.90. The number of carbonyl (C=O) groups excluding carboxylic acids is 1. The van der Waals surface area contributed by atoms with E-state index >= 15 is 0 Å². The molecule has 0 aliphatic heterocycles. The molecule has 0 bridgehead atoms. The van der Waals surface area contributed by atoms with Gasteiger partial charge in [-0.25, -0.2) is 0 Å². The van der Waals surface area contributed by atoms with Crippen molar-refractivity contribution < 1.29 is 14.7 Å². The lowest BCUT2D eigenvalue weighted by Gasteiger charge is -2.25. The summed E-state index contributed by atoms with van der Waals surface area (Å²) in [6.07, 6.45) is 6.95. The first kappa shape index (κ1) is 28.2. The van der Waals surface area contributed by atoms with E-state index in [4.69, 9.17) is 4.98 Å². The third-order valence-corrected chi connectivity index (χ3v) is 7.68. The number of rotatable bonds is 14. The molecule has 1 amide bonds. The molecule has 0 radical (unpaired) electrons. The van der Waals surface area contributed by atoms with Gasteiger partial charge in [0.05, 0.1) is 16.8 Å². The van der Waals surface area contributed by atoms with Crippen molar-refractivity contribution in [3.05, 3.63) is 95.3 Å². The fourth-order valence-electron chi connectivity index (χ4n) is 4.16. The molecule has 0 saturated heterocycles. The smallest absolute Gasteiger partial charge is 0.310 e. The molecule has 0 fully saturated rings. The fraction of sp³-hybridized carbons (Fsp3) is 0.323. The molecule has 2 N–H and O–H groups in total. The predicted molar refractivity (Wildman–Crippen MR) is 154 cm³/mol. The van der Waals surface area contributed by atoms with E-state index < -0.39 is 11.4 Å². The van der Waals surface area contributed by atoms with Crippen molar-refractivity contribution in [3.63, 3.8) is 0 Å². The Labute approximate surface area is 224 Å². The van der Waals surface area contributed by atoms with Gasteiger partial charge < -0.3 is 10.4 Å². The van der Waals surface area contributed by atoms with Gasteiger partial charge in [0, 0.05) is 17.9 Å². The van der Waals surface area contributed by atoms with Gasteiger partial charge in [-0.05, 0) is 72.9 Å². The maximum Gasteiger partial charge on any atom is 0.310 e. The number of aryl methyl sites for hydroxylation is 1. The van der Waals surface area contributed by atoms with Crippen molar-refractivity contribution in [1.29, 1.82) is 0 Å². The van der Waals surface area contributed by atoms with E-state index in [0.717, 1.165) is 41.3 Å². The van der Waals surface area contributed by atoms with Crippen LogP contribution in [0, 0.1) is 5.41 Å². The van der Waals surface area contributed by atoms with Gasteiger partial charge in [-0.15, -0.1) is 0 Å². The molecule has 3 rings (SSSR count). The molecule has 0 spiro atoms. The average molecular weight is 517 g/mol. The number of hydrogen-bond donors (Lipinski definition) is 2. The van der Waals surface area contributed by atoms with E-state index in [1.54, 1.807) is 0 Å². The number of carbonyl (C=O) groups is 2. The van der Waals surface area contributed by atoms with Crippen LogP contribution in [-0.4, -0.2) is 27.7 Å². The van der Waals surface area contributed by atoms with Crippen molar-refractivity contribution in [3.8, 4) is 0 Å². The monoisotopic (exact) mass is 516 g/mol. The quantitative estimate of drug-likeness (QED) is 0.219. The number of nitrogens with zero attached hydrogens (tertiary/aromatic N) is 1. The topological polar surface area (TPSA) is 79.3 Å². The first-order valence-electron chi connectivity index (χ1n) is 12.8. The highest BCUT2D eigenvalue weighted by Gasteiger charge is 2.37. The largest absolute Gasteiger partial charge is 0.481 e. The minimum Gasteiger partial charge on any atom is -0.481 e. The van der Waals surface area contributed by atoms with E-state index in [-0.39, 0.29) is 12.3 Å². The van der Waals surface area contributed by atoms with Crippen LogP contribution in [0.5, 0.6) is 0 Å². The molecule has 0 atom stereocenters. The maximum atomic E-state index is 12.6. The van der Waals surface area contributed by atoms with Gasteiger partial charge in [0.1, 0.15) is 0 Å². The summed E-state index contributed by atoms with van der Waals surface area (Å²) >= 11 is 1.90. The molecule has 0 aliphatic carbocycles. The molecule has 0 saturated carbocycles. The Balaban J connectivity index is 1.52. The number of thioether (sulfide) groups is 1. The first-order chi connectivity index (χ1) is 17.9. The molecule has 0 aliphatic rings. The third-order valence-electron chi connectivity index (χ3n) is 6.60. The second-order valence-electron chi connectivity index (χ2n) is 9.17. The van der Waals surface area contributed by atoms with Crippen molar-refractivity contribution in [1.82, 2.24) is 4.98 Å². The van der Waals surface area contributed by atoms with Crippen LogP contribution in [0.1, 0.15) is 62.0 Å². The lowest BCUT2D eigenvalue weighted by atomic mass is 9.79. The summed E-state index contributed by atoms with van der Waals surface area (Å²) < 4.78 is 0. The number of pyridine rings is 1. The zero-order valence-corrected chi connectivity index (χ0v) is 22.5. The highest BCUT2D eigenvalue weighted by molar-refractivity contribution is 7.98. The Morgan fingerprint density at radius 2 is 1.73 bits per heavy atom. The first-order valence-corrected chi connectivity index (χ1v) is 14.0. The van der Waals surface area contributed by atoms with Crippen LogP contribution < -0.4 is 5.32 Å². The number of anilines is 1. The molecule has 2 aromatic carbocycles. The van der Waals surface area contributed by atoms with Crippen LogP contribution in [0.2, 0.25) is 0 Å². The second-order valence-corrected chi connectivity index (χ2v) is 10.3. The van der Waals surface area contributed by atoms with E-state index in [1.807, 2.05) is 80.2 Å². The SMILES string of the molecule is CCC(CC)(CC(=O)Nc1cccc(C=Cc2cccc(CSCCCc3ccccc3)n2)c1)C(=O)O. The summed E-state index contributed by atoms with van der Waals surface area (Å²) in [6.45, 7) is 3.62. The Morgan fingerprint density at radius 3 is 2.46 bits per heavy atom. The van der Waals surface area contributed by atoms with Crippen LogP contribution in [0.15, 0.2) is 72.8 Å². The molecular formula is C31H36N2O3S. The fourth-order valence-corrected chi connectivity index (χ4v) is 5.03. The van der Waals surface area contributed by atoms with Crippen molar-refractivity contribution in [2.24, 2.45) is 5.41 Å². The van der Waals surface area contributed by atoms with Crippen LogP contribution in [0.25, 0.3) is 12.2 Å². The van der Waals surface area contributed by atoms with Gasteiger partial charge in [0.15, 0.2) is 0 Å². The summed E-state index contributed by atoms with van der Waals surface area (Å²) in [5.41, 5.74) is 3.87. The molecular weight excluding hydrogens is 480 g/mol. The molecule has 194 valence electrons.